The normalized spacial score (nSPS) is 15.8. The fraction of sp³-hybridized carbons (Fsp3) is 0.409. The van der Waals surface area contributed by atoms with Crippen LogP contribution < -0.4 is 29.7 Å². The molecule has 1 heterocycles. The molecule has 1 fully saturated rings. The maximum Gasteiger partial charge on any atom is 0.191 e. The van der Waals surface area contributed by atoms with E-state index >= 15 is 0 Å². The van der Waals surface area contributed by atoms with Crippen LogP contribution in [0.25, 0.3) is 0 Å². The van der Waals surface area contributed by atoms with E-state index in [4.69, 9.17) is 25.8 Å². The molecule has 0 aromatic heterocycles. The number of ether oxygens (including phenoxy) is 3. The number of hydrogen-bond acceptors (Lipinski definition) is 5. The predicted molar refractivity (Wildman–Crippen MR) is 137 cm³/mol. The summed E-state index contributed by atoms with van der Waals surface area (Å²) in [5.41, 5.74) is 2.01. The SMILES string of the molecule is CN=C(NCc1cccc(OC)c1OC)NC1CCN(c2cc(Cl)ccc2OC)C1.I. The Hall–Kier alpha value is -2.07. The Morgan fingerprint density at radius 3 is 2.58 bits per heavy atom. The molecule has 1 atom stereocenters. The first-order valence-electron chi connectivity index (χ1n) is 9.85. The molecule has 170 valence electrons. The average Bonchev–Trinajstić information content (AvgIpc) is 3.24. The molecule has 0 spiro atoms. The highest BCUT2D eigenvalue weighted by atomic mass is 127. The summed E-state index contributed by atoms with van der Waals surface area (Å²) in [6.07, 6.45) is 0.985. The summed E-state index contributed by atoms with van der Waals surface area (Å²) in [6, 6.07) is 11.8. The summed E-state index contributed by atoms with van der Waals surface area (Å²) in [5, 5.41) is 7.57. The molecule has 2 aromatic rings. The van der Waals surface area contributed by atoms with Crippen molar-refractivity contribution < 1.29 is 14.2 Å². The van der Waals surface area contributed by atoms with Gasteiger partial charge in [-0.25, -0.2) is 0 Å². The van der Waals surface area contributed by atoms with E-state index in [9.17, 15) is 0 Å². The van der Waals surface area contributed by atoms with Gasteiger partial charge < -0.3 is 29.7 Å². The van der Waals surface area contributed by atoms with E-state index < -0.39 is 0 Å². The number of nitrogens with zero attached hydrogens (tertiary/aromatic N) is 2. The number of anilines is 1. The molecular formula is C22H30ClIN4O3. The van der Waals surface area contributed by atoms with Crippen LogP contribution in [0.15, 0.2) is 41.4 Å². The Labute approximate surface area is 206 Å². The van der Waals surface area contributed by atoms with Gasteiger partial charge >= 0.3 is 0 Å². The molecule has 1 unspecified atom stereocenters. The molecular weight excluding hydrogens is 531 g/mol. The zero-order chi connectivity index (χ0) is 21.5. The van der Waals surface area contributed by atoms with Crippen molar-refractivity contribution in [2.45, 2.75) is 19.0 Å². The molecule has 1 aliphatic heterocycles. The predicted octanol–water partition coefficient (Wildman–Crippen LogP) is 3.93. The molecule has 1 saturated heterocycles. The molecule has 0 radical (unpaired) electrons. The van der Waals surface area contributed by atoms with Gasteiger partial charge in [0.05, 0.1) is 27.0 Å². The van der Waals surface area contributed by atoms with Gasteiger partial charge in [0.1, 0.15) is 5.75 Å². The summed E-state index contributed by atoms with van der Waals surface area (Å²) >= 11 is 6.20. The lowest BCUT2D eigenvalue weighted by molar-refractivity contribution is 0.351. The Bertz CT molecular complexity index is 897. The van der Waals surface area contributed by atoms with Gasteiger partial charge in [-0.15, -0.1) is 24.0 Å². The topological polar surface area (TPSA) is 67.4 Å². The Morgan fingerprint density at radius 2 is 1.90 bits per heavy atom. The zero-order valence-corrected chi connectivity index (χ0v) is 21.4. The highest BCUT2D eigenvalue weighted by Gasteiger charge is 2.25. The van der Waals surface area contributed by atoms with Crippen LogP contribution in [0.1, 0.15) is 12.0 Å². The van der Waals surface area contributed by atoms with Gasteiger partial charge in [-0.3, -0.25) is 4.99 Å². The van der Waals surface area contributed by atoms with Crippen LogP contribution in [0.2, 0.25) is 5.02 Å². The van der Waals surface area contributed by atoms with Crippen LogP contribution in [0.5, 0.6) is 17.2 Å². The number of aliphatic imine (C=N–C) groups is 1. The van der Waals surface area contributed by atoms with Gasteiger partial charge in [0, 0.05) is 43.3 Å². The number of hydrogen-bond donors (Lipinski definition) is 2. The van der Waals surface area contributed by atoms with Crippen molar-refractivity contribution in [3.8, 4) is 17.2 Å². The Morgan fingerprint density at radius 1 is 1.13 bits per heavy atom. The quantitative estimate of drug-likeness (QED) is 0.304. The number of guanidine groups is 1. The van der Waals surface area contributed by atoms with E-state index in [1.165, 1.54) is 0 Å². The lowest BCUT2D eigenvalue weighted by atomic mass is 10.2. The van der Waals surface area contributed by atoms with E-state index in [0.29, 0.717) is 17.3 Å². The van der Waals surface area contributed by atoms with Crippen molar-refractivity contribution in [2.75, 3.05) is 46.4 Å². The third kappa shape index (κ3) is 6.22. The van der Waals surface area contributed by atoms with Crippen LogP contribution in [0, 0.1) is 0 Å². The van der Waals surface area contributed by atoms with Crippen LogP contribution in [-0.2, 0) is 6.54 Å². The minimum atomic E-state index is 0. The fourth-order valence-corrected chi connectivity index (χ4v) is 3.83. The molecule has 2 aromatic carbocycles. The molecule has 0 bridgehead atoms. The van der Waals surface area contributed by atoms with Crippen molar-refractivity contribution in [2.24, 2.45) is 4.99 Å². The van der Waals surface area contributed by atoms with Crippen LogP contribution >= 0.6 is 35.6 Å². The summed E-state index contributed by atoms with van der Waals surface area (Å²) in [6.45, 7) is 2.31. The monoisotopic (exact) mass is 560 g/mol. The van der Waals surface area contributed by atoms with Crippen LogP contribution in [-0.4, -0.2) is 53.5 Å². The summed E-state index contributed by atoms with van der Waals surface area (Å²) in [5.74, 6) is 3.00. The van der Waals surface area contributed by atoms with Crippen molar-refractivity contribution in [1.29, 1.82) is 0 Å². The molecule has 2 N–H and O–H groups in total. The number of halogens is 2. The average molecular weight is 561 g/mol. The van der Waals surface area contributed by atoms with E-state index in [1.807, 2.05) is 36.4 Å². The maximum absolute atomic E-state index is 6.20. The molecule has 7 nitrogen and oxygen atoms in total. The van der Waals surface area contributed by atoms with Gasteiger partial charge in [0.15, 0.2) is 17.5 Å². The molecule has 3 rings (SSSR count). The summed E-state index contributed by atoms with van der Waals surface area (Å²) < 4.78 is 16.4. The van der Waals surface area contributed by atoms with Crippen LogP contribution in [0.4, 0.5) is 5.69 Å². The Balaban J connectivity index is 0.00000341. The highest BCUT2D eigenvalue weighted by Crippen LogP contribution is 2.33. The third-order valence-electron chi connectivity index (χ3n) is 5.17. The molecule has 1 aliphatic rings. The van der Waals surface area contributed by atoms with Crippen molar-refractivity contribution in [1.82, 2.24) is 10.6 Å². The standard InChI is InChI=1S/C22H29ClN4O3.HI/c1-24-22(25-13-15-6-5-7-20(29-3)21(15)30-4)26-17-10-11-27(14-17)18-12-16(23)8-9-19(18)28-2;/h5-9,12,17H,10-11,13-14H2,1-4H3,(H2,24,25,26);1H. The molecule has 31 heavy (non-hydrogen) atoms. The molecule has 0 aliphatic carbocycles. The second kappa shape index (κ2) is 12.1. The number of methoxy groups -OCH3 is 3. The first-order chi connectivity index (χ1) is 14.6. The number of benzene rings is 2. The zero-order valence-electron chi connectivity index (χ0n) is 18.3. The van der Waals surface area contributed by atoms with Gasteiger partial charge in [-0.1, -0.05) is 23.7 Å². The molecule has 0 amide bonds. The van der Waals surface area contributed by atoms with Gasteiger partial charge in [0.25, 0.3) is 0 Å². The second-order valence-corrected chi connectivity index (χ2v) is 7.41. The maximum atomic E-state index is 6.20. The summed E-state index contributed by atoms with van der Waals surface area (Å²) in [4.78, 5) is 6.65. The van der Waals surface area contributed by atoms with Crippen LogP contribution in [0.3, 0.4) is 0 Å². The lowest BCUT2D eigenvalue weighted by Gasteiger charge is -2.22. The fourth-order valence-electron chi connectivity index (χ4n) is 3.67. The van der Waals surface area contributed by atoms with E-state index in [1.54, 1.807) is 28.4 Å². The first kappa shape index (κ1) is 25.2. The largest absolute Gasteiger partial charge is 0.495 e. The van der Waals surface area contributed by atoms with Gasteiger partial charge in [-0.05, 0) is 30.7 Å². The van der Waals surface area contributed by atoms with Gasteiger partial charge in [0.2, 0.25) is 0 Å². The number of rotatable bonds is 7. The minimum Gasteiger partial charge on any atom is -0.495 e. The van der Waals surface area contributed by atoms with Crippen molar-refractivity contribution >= 4 is 47.2 Å². The number of para-hydroxylation sites is 1. The van der Waals surface area contributed by atoms with E-state index in [-0.39, 0.29) is 30.0 Å². The van der Waals surface area contributed by atoms with Crippen molar-refractivity contribution in [3.63, 3.8) is 0 Å². The number of nitrogens with one attached hydrogen (secondary N) is 2. The first-order valence-corrected chi connectivity index (χ1v) is 10.2. The lowest BCUT2D eigenvalue weighted by Crippen LogP contribution is -2.44. The minimum absolute atomic E-state index is 0. The molecule has 0 saturated carbocycles. The second-order valence-electron chi connectivity index (χ2n) is 6.97. The smallest absolute Gasteiger partial charge is 0.191 e. The van der Waals surface area contributed by atoms with E-state index in [2.05, 4.69) is 20.5 Å². The molecule has 9 heteroatoms. The highest BCUT2D eigenvalue weighted by molar-refractivity contribution is 14.0. The van der Waals surface area contributed by atoms with Gasteiger partial charge in [-0.2, -0.15) is 0 Å². The summed E-state index contributed by atoms with van der Waals surface area (Å²) in [7, 11) is 6.73. The van der Waals surface area contributed by atoms with Crippen molar-refractivity contribution in [3.05, 3.63) is 47.0 Å². The Kier molecular flexibility index (Phi) is 9.83. The third-order valence-corrected chi connectivity index (χ3v) is 5.40. The van der Waals surface area contributed by atoms with E-state index in [0.717, 1.165) is 48.2 Å².